The van der Waals surface area contributed by atoms with E-state index in [2.05, 4.69) is 0 Å². The Hall–Kier alpha value is -2.56. The summed E-state index contributed by atoms with van der Waals surface area (Å²) in [6.45, 7) is -0.489. The predicted molar refractivity (Wildman–Crippen MR) is 94.5 cm³/mol. The van der Waals surface area contributed by atoms with Crippen LogP contribution in [0.15, 0.2) is 47.4 Å². The minimum atomic E-state index is -4.39. The molecule has 0 aliphatic heterocycles. The first kappa shape index (κ1) is 20.7. The van der Waals surface area contributed by atoms with Crippen LogP contribution in [0.2, 0.25) is 5.02 Å². The first-order chi connectivity index (χ1) is 12.6. The number of non-ortho nitro benzene ring substituents is 1. The number of halogens is 2. The van der Waals surface area contributed by atoms with Gasteiger partial charge in [-0.15, -0.1) is 0 Å². The van der Waals surface area contributed by atoms with Crippen LogP contribution in [0.25, 0.3) is 0 Å². The molecule has 2 aromatic rings. The van der Waals surface area contributed by atoms with Crippen molar-refractivity contribution in [3.05, 3.63) is 69.0 Å². The van der Waals surface area contributed by atoms with Crippen molar-refractivity contribution in [1.82, 2.24) is 4.72 Å². The summed E-state index contributed by atoms with van der Waals surface area (Å²) >= 11 is 5.76. The van der Waals surface area contributed by atoms with Crippen molar-refractivity contribution in [2.24, 2.45) is 5.92 Å². The van der Waals surface area contributed by atoms with Gasteiger partial charge in [0.15, 0.2) is 0 Å². The second kappa shape index (κ2) is 8.42. The number of carboxylic acids is 1. The van der Waals surface area contributed by atoms with Crippen LogP contribution in [-0.4, -0.2) is 31.0 Å². The SMILES string of the molecule is O=C(O)C(CNS(=O)(=O)c1ccc([N+](=O)[O-])cc1F)Cc1ccc(Cl)cc1. The molecule has 2 rings (SSSR count). The fourth-order valence-corrected chi connectivity index (χ4v) is 3.53. The van der Waals surface area contributed by atoms with E-state index in [9.17, 15) is 32.8 Å². The molecule has 0 aromatic heterocycles. The van der Waals surface area contributed by atoms with Crippen LogP contribution in [0, 0.1) is 21.8 Å². The topological polar surface area (TPSA) is 127 Å². The van der Waals surface area contributed by atoms with E-state index < -0.39 is 49.8 Å². The summed E-state index contributed by atoms with van der Waals surface area (Å²) < 4.78 is 40.4. The molecule has 0 spiro atoms. The molecule has 0 radical (unpaired) electrons. The van der Waals surface area contributed by atoms with E-state index in [4.69, 9.17) is 11.6 Å². The van der Waals surface area contributed by atoms with Gasteiger partial charge >= 0.3 is 5.97 Å². The van der Waals surface area contributed by atoms with Gasteiger partial charge in [0.25, 0.3) is 5.69 Å². The molecule has 0 aliphatic carbocycles. The molecule has 2 N–H and O–H groups in total. The highest BCUT2D eigenvalue weighted by molar-refractivity contribution is 7.89. The maximum Gasteiger partial charge on any atom is 0.308 e. The summed E-state index contributed by atoms with van der Waals surface area (Å²) in [6.07, 6.45) is 0.0256. The van der Waals surface area contributed by atoms with E-state index in [0.717, 1.165) is 12.1 Å². The Morgan fingerprint density at radius 1 is 1.26 bits per heavy atom. The third kappa shape index (κ3) is 5.46. The Balaban J connectivity index is 2.14. The molecular weight excluding hydrogens is 403 g/mol. The monoisotopic (exact) mass is 416 g/mol. The Bertz CT molecular complexity index is 965. The van der Waals surface area contributed by atoms with Crippen molar-refractivity contribution in [2.45, 2.75) is 11.3 Å². The molecule has 0 fully saturated rings. The summed E-state index contributed by atoms with van der Waals surface area (Å²) in [7, 11) is -4.39. The van der Waals surface area contributed by atoms with E-state index in [-0.39, 0.29) is 6.42 Å². The normalized spacial score (nSPS) is 12.5. The number of nitrogens with one attached hydrogen (secondary N) is 1. The van der Waals surface area contributed by atoms with Gasteiger partial charge in [-0.2, -0.15) is 0 Å². The first-order valence-electron chi connectivity index (χ1n) is 7.51. The van der Waals surface area contributed by atoms with Crippen molar-refractivity contribution in [2.75, 3.05) is 6.54 Å². The molecule has 0 bridgehead atoms. The maximum atomic E-state index is 13.9. The molecular formula is C16H14ClFN2O6S. The quantitative estimate of drug-likeness (QED) is 0.503. The lowest BCUT2D eigenvalue weighted by Gasteiger charge is -2.14. The minimum absolute atomic E-state index is 0.0256. The third-order valence-corrected chi connectivity index (χ3v) is 5.39. The van der Waals surface area contributed by atoms with Crippen LogP contribution in [0.1, 0.15) is 5.56 Å². The number of benzene rings is 2. The zero-order valence-electron chi connectivity index (χ0n) is 13.6. The molecule has 144 valence electrons. The van der Waals surface area contributed by atoms with E-state index in [1.165, 1.54) is 0 Å². The highest BCUT2D eigenvalue weighted by Crippen LogP contribution is 2.21. The number of carboxylic acid groups (broad SMARTS) is 1. The predicted octanol–water partition coefficient (Wildman–Crippen LogP) is 2.61. The van der Waals surface area contributed by atoms with Gasteiger partial charge in [0.1, 0.15) is 10.7 Å². The number of aliphatic carboxylic acids is 1. The van der Waals surface area contributed by atoms with Gasteiger partial charge in [-0.05, 0) is 30.2 Å². The average molecular weight is 417 g/mol. The third-order valence-electron chi connectivity index (χ3n) is 3.68. The van der Waals surface area contributed by atoms with Gasteiger partial charge in [-0.1, -0.05) is 23.7 Å². The number of nitro benzene ring substituents is 1. The second-order valence-electron chi connectivity index (χ2n) is 5.59. The van der Waals surface area contributed by atoms with Crippen LogP contribution in [0.3, 0.4) is 0 Å². The van der Waals surface area contributed by atoms with Crippen LogP contribution in [0.4, 0.5) is 10.1 Å². The smallest absolute Gasteiger partial charge is 0.308 e. The van der Waals surface area contributed by atoms with E-state index in [1.54, 1.807) is 24.3 Å². The summed E-state index contributed by atoms with van der Waals surface area (Å²) in [4.78, 5) is 20.3. The van der Waals surface area contributed by atoms with Crippen LogP contribution in [-0.2, 0) is 21.2 Å². The summed E-state index contributed by atoms with van der Waals surface area (Å²) in [5.74, 6) is -3.65. The Kier molecular flexibility index (Phi) is 6.47. The number of nitrogens with zero attached hydrogens (tertiary/aromatic N) is 1. The Morgan fingerprint density at radius 2 is 1.89 bits per heavy atom. The Morgan fingerprint density at radius 3 is 2.41 bits per heavy atom. The lowest BCUT2D eigenvalue weighted by atomic mass is 10.00. The fourth-order valence-electron chi connectivity index (χ4n) is 2.26. The lowest BCUT2D eigenvalue weighted by molar-refractivity contribution is -0.385. The number of rotatable bonds is 8. The molecule has 0 amide bonds. The highest BCUT2D eigenvalue weighted by atomic mass is 35.5. The zero-order valence-corrected chi connectivity index (χ0v) is 15.2. The molecule has 2 aromatic carbocycles. The average Bonchev–Trinajstić information content (AvgIpc) is 2.59. The van der Waals surface area contributed by atoms with Crippen molar-refractivity contribution in [1.29, 1.82) is 0 Å². The number of nitro groups is 1. The highest BCUT2D eigenvalue weighted by Gasteiger charge is 2.25. The van der Waals surface area contributed by atoms with Crippen molar-refractivity contribution >= 4 is 33.3 Å². The van der Waals surface area contributed by atoms with Gasteiger partial charge in [-0.25, -0.2) is 17.5 Å². The molecule has 0 saturated heterocycles. The fraction of sp³-hybridized carbons (Fsp3) is 0.188. The van der Waals surface area contributed by atoms with Crippen molar-refractivity contribution < 1.29 is 27.6 Å². The first-order valence-corrected chi connectivity index (χ1v) is 9.37. The second-order valence-corrected chi connectivity index (χ2v) is 7.76. The van der Waals surface area contributed by atoms with E-state index in [0.29, 0.717) is 16.7 Å². The number of carbonyl (C=O) groups is 1. The zero-order chi connectivity index (χ0) is 20.2. The van der Waals surface area contributed by atoms with Gasteiger partial charge < -0.3 is 5.11 Å². The molecule has 0 heterocycles. The Labute approximate surface area is 158 Å². The van der Waals surface area contributed by atoms with Gasteiger partial charge in [0.05, 0.1) is 16.9 Å². The molecule has 1 atom stereocenters. The summed E-state index contributed by atoms with van der Waals surface area (Å²) in [6, 6.07) is 8.46. The largest absolute Gasteiger partial charge is 0.481 e. The van der Waals surface area contributed by atoms with Crippen LogP contribution < -0.4 is 4.72 Å². The van der Waals surface area contributed by atoms with E-state index >= 15 is 0 Å². The molecule has 1 unspecified atom stereocenters. The van der Waals surface area contributed by atoms with Gasteiger partial charge in [-0.3, -0.25) is 14.9 Å². The molecule has 11 heteroatoms. The summed E-state index contributed by atoms with van der Waals surface area (Å²) in [5, 5.41) is 20.4. The van der Waals surface area contributed by atoms with Crippen molar-refractivity contribution in [3.63, 3.8) is 0 Å². The molecule has 8 nitrogen and oxygen atoms in total. The van der Waals surface area contributed by atoms with Gasteiger partial charge in [0.2, 0.25) is 10.0 Å². The van der Waals surface area contributed by atoms with E-state index in [1.807, 2.05) is 4.72 Å². The number of hydrogen-bond donors (Lipinski definition) is 2. The lowest BCUT2D eigenvalue weighted by Crippen LogP contribution is -2.34. The molecule has 0 aliphatic rings. The maximum absolute atomic E-state index is 13.9. The number of sulfonamides is 1. The van der Waals surface area contributed by atoms with Crippen LogP contribution in [0.5, 0.6) is 0 Å². The molecule has 27 heavy (non-hydrogen) atoms. The van der Waals surface area contributed by atoms with Crippen molar-refractivity contribution in [3.8, 4) is 0 Å². The standard InChI is InChI=1S/C16H14ClFN2O6S/c17-12-3-1-10(2-4-12)7-11(16(21)22)9-19-27(25,26)15-6-5-13(20(23)24)8-14(15)18/h1-6,8,11,19H,7,9H2,(H,21,22). The summed E-state index contributed by atoms with van der Waals surface area (Å²) in [5.41, 5.74) is 0.0325. The number of hydrogen-bond acceptors (Lipinski definition) is 5. The minimum Gasteiger partial charge on any atom is -0.481 e. The van der Waals surface area contributed by atoms with Crippen LogP contribution >= 0.6 is 11.6 Å². The molecule has 0 saturated carbocycles. The van der Waals surface area contributed by atoms with Gasteiger partial charge in [0, 0.05) is 17.6 Å².